The van der Waals surface area contributed by atoms with Crippen molar-refractivity contribution in [1.82, 2.24) is 21.0 Å². The first kappa shape index (κ1) is 14.7. The van der Waals surface area contributed by atoms with Gasteiger partial charge in [-0.3, -0.25) is 19.9 Å². The molecule has 0 radical (unpaired) electrons. The monoisotopic (exact) mass is 288 g/mol. The molecule has 0 bridgehead atoms. The quantitative estimate of drug-likeness (QED) is 0.503. The highest BCUT2D eigenvalue weighted by Crippen LogP contribution is 2.14. The number of nitrogens with one attached hydrogen (secondary N) is 3. The first-order valence-corrected chi connectivity index (χ1v) is 6.38. The van der Waals surface area contributed by atoms with Crippen LogP contribution in [-0.4, -0.2) is 27.2 Å². The van der Waals surface area contributed by atoms with Crippen LogP contribution in [0.5, 0.6) is 0 Å². The number of H-pyrrole nitrogens is 1. The summed E-state index contributed by atoms with van der Waals surface area (Å²) in [5.74, 6) is -0.853. The number of aryl methyl sites for hydroxylation is 1. The lowest BCUT2D eigenvalue weighted by Crippen LogP contribution is -2.27. The maximum atomic E-state index is 12.0. The summed E-state index contributed by atoms with van der Waals surface area (Å²) < 4.78 is 0. The zero-order valence-corrected chi connectivity index (χ0v) is 11.7. The second kappa shape index (κ2) is 6.19. The van der Waals surface area contributed by atoms with Crippen molar-refractivity contribution in [3.05, 3.63) is 52.8 Å². The van der Waals surface area contributed by atoms with Gasteiger partial charge in [0.25, 0.3) is 11.8 Å². The van der Waals surface area contributed by atoms with Gasteiger partial charge in [0, 0.05) is 11.3 Å². The molecule has 1 atom stereocenters. The molecule has 1 aromatic heterocycles. The average Bonchev–Trinajstić information content (AvgIpc) is 2.93. The molecule has 2 rings (SSSR count). The van der Waals surface area contributed by atoms with E-state index in [1.807, 2.05) is 13.8 Å². The lowest BCUT2D eigenvalue weighted by atomic mass is 10.1. The summed E-state index contributed by atoms with van der Waals surface area (Å²) in [6, 6.07) is 8.00. The van der Waals surface area contributed by atoms with Crippen LogP contribution in [0.15, 0.2) is 30.3 Å². The minimum atomic E-state index is -0.578. The van der Waals surface area contributed by atoms with Crippen molar-refractivity contribution in [1.29, 1.82) is 0 Å². The summed E-state index contributed by atoms with van der Waals surface area (Å²) in [5, 5.41) is 18.0. The smallest absolute Gasteiger partial charge is 0.274 e. The fraction of sp³-hybridized carbons (Fsp3) is 0.214. The van der Waals surface area contributed by atoms with Crippen LogP contribution >= 0.6 is 0 Å². The first-order chi connectivity index (χ1) is 10.0. The lowest BCUT2D eigenvalue weighted by molar-refractivity contribution is 0.0706. The third-order valence-electron chi connectivity index (χ3n) is 3.06. The Balaban J connectivity index is 2.04. The van der Waals surface area contributed by atoms with Crippen LogP contribution in [-0.2, 0) is 0 Å². The van der Waals surface area contributed by atoms with E-state index in [1.165, 1.54) is 0 Å². The molecule has 0 fully saturated rings. The minimum Gasteiger partial charge on any atom is -0.344 e. The number of aromatic amines is 1. The van der Waals surface area contributed by atoms with Crippen LogP contribution in [0.2, 0.25) is 0 Å². The molecule has 7 heteroatoms. The molecule has 1 aromatic carbocycles. The molecule has 0 saturated carbocycles. The Hall–Kier alpha value is -2.67. The van der Waals surface area contributed by atoms with Gasteiger partial charge < -0.3 is 5.32 Å². The summed E-state index contributed by atoms with van der Waals surface area (Å²) in [5.41, 5.74) is 3.88. The maximum Gasteiger partial charge on any atom is 0.274 e. The highest BCUT2D eigenvalue weighted by atomic mass is 16.5. The molecule has 0 aliphatic heterocycles. The molecule has 2 aromatic rings. The molecule has 4 N–H and O–H groups in total. The number of benzene rings is 1. The molecule has 7 nitrogen and oxygen atoms in total. The van der Waals surface area contributed by atoms with E-state index in [1.54, 1.807) is 35.8 Å². The molecular formula is C14H16N4O3. The van der Waals surface area contributed by atoms with Crippen LogP contribution in [0, 0.1) is 6.92 Å². The minimum absolute atomic E-state index is 0.235. The number of hydroxylamine groups is 1. The number of carbonyl (C=O) groups is 2. The zero-order valence-electron chi connectivity index (χ0n) is 11.7. The Bertz CT molecular complexity index is 648. The van der Waals surface area contributed by atoms with E-state index >= 15 is 0 Å². The van der Waals surface area contributed by atoms with Crippen LogP contribution < -0.4 is 10.8 Å². The van der Waals surface area contributed by atoms with Crippen molar-refractivity contribution in [3.8, 4) is 0 Å². The number of hydrogen-bond donors (Lipinski definition) is 4. The van der Waals surface area contributed by atoms with Crippen LogP contribution in [0.1, 0.15) is 45.1 Å². The Morgan fingerprint density at radius 1 is 1.24 bits per heavy atom. The summed E-state index contributed by atoms with van der Waals surface area (Å²) in [6.07, 6.45) is 0. The third kappa shape index (κ3) is 3.46. The number of aromatic nitrogens is 2. The van der Waals surface area contributed by atoms with E-state index < -0.39 is 5.91 Å². The van der Waals surface area contributed by atoms with Crippen molar-refractivity contribution in [2.45, 2.75) is 19.9 Å². The van der Waals surface area contributed by atoms with Gasteiger partial charge in [-0.2, -0.15) is 5.10 Å². The molecular weight excluding hydrogens is 272 g/mol. The molecule has 110 valence electrons. The second-order valence-electron chi connectivity index (χ2n) is 4.69. The Labute approximate surface area is 121 Å². The molecule has 1 unspecified atom stereocenters. The van der Waals surface area contributed by atoms with Gasteiger partial charge in [0.15, 0.2) is 0 Å². The molecule has 0 saturated heterocycles. The van der Waals surface area contributed by atoms with E-state index in [0.717, 1.165) is 11.3 Å². The average molecular weight is 288 g/mol. The third-order valence-corrected chi connectivity index (χ3v) is 3.06. The molecule has 0 aliphatic rings. The largest absolute Gasteiger partial charge is 0.344 e. The summed E-state index contributed by atoms with van der Waals surface area (Å²) >= 11 is 0. The van der Waals surface area contributed by atoms with Crippen molar-refractivity contribution in [2.24, 2.45) is 0 Å². The Kier molecular flexibility index (Phi) is 4.34. The standard InChI is InChI=1S/C14H16N4O3/c1-8-7-12(17-16-8)14(20)15-9(2)10-3-5-11(6-4-10)13(19)18-21/h3-7,9,21H,1-2H3,(H,15,20)(H,16,17)(H,18,19). The van der Waals surface area contributed by atoms with Crippen molar-refractivity contribution in [2.75, 3.05) is 0 Å². The van der Waals surface area contributed by atoms with Gasteiger partial charge in [0.1, 0.15) is 5.69 Å². The number of nitrogens with zero attached hydrogens (tertiary/aromatic N) is 1. The summed E-state index contributed by atoms with van der Waals surface area (Å²) in [4.78, 5) is 23.2. The van der Waals surface area contributed by atoms with E-state index in [9.17, 15) is 9.59 Å². The molecule has 0 aliphatic carbocycles. The number of amides is 2. The van der Waals surface area contributed by atoms with Crippen molar-refractivity contribution < 1.29 is 14.8 Å². The molecule has 0 spiro atoms. The Morgan fingerprint density at radius 3 is 2.43 bits per heavy atom. The first-order valence-electron chi connectivity index (χ1n) is 6.38. The van der Waals surface area contributed by atoms with Crippen LogP contribution in [0.3, 0.4) is 0 Å². The molecule has 2 amide bonds. The normalized spacial score (nSPS) is 11.8. The van der Waals surface area contributed by atoms with Gasteiger partial charge in [0.05, 0.1) is 6.04 Å². The SMILES string of the molecule is Cc1cc(C(=O)NC(C)c2ccc(C(=O)NO)cc2)n[nH]1. The zero-order chi connectivity index (χ0) is 15.4. The van der Waals surface area contributed by atoms with Gasteiger partial charge in [0.2, 0.25) is 0 Å². The lowest BCUT2D eigenvalue weighted by Gasteiger charge is -2.13. The van der Waals surface area contributed by atoms with E-state index in [4.69, 9.17) is 5.21 Å². The van der Waals surface area contributed by atoms with Crippen LogP contribution in [0.4, 0.5) is 0 Å². The highest BCUT2D eigenvalue weighted by molar-refractivity contribution is 5.93. The van der Waals surface area contributed by atoms with E-state index in [2.05, 4.69) is 15.5 Å². The fourth-order valence-electron chi connectivity index (χ4n) is 1.88. The van der Waals surface area contributed by atoms with Crippen molar-refractivity contribution >= 4 is 11.8 Å². The van der Waals surface area contributed by atoms with Gasteiger partial charge >= 0.3 is 0 Å². The van der Waals surface area contributed by atoms with Gasteiger partial charge in [-0.25, -0.2) is 5.48 Å². The topological polar surface area (TPSA) is 107 Å². The summed E-state index contributed by atoms with van der Waals surface area (Å²) in [6.45, 7) is 3.65. The summed E-state index contributed by atoms with van der Waals surface area (Å²) in [7, 11) is 0. The highest BCUT2D eigenvalue weighted by Gasteiger charge is 2.14. The van der Waals surface area contributed by atoms with Crippen molar-refractivity contribution in [3.63, 3.8) is 0 Å². The maximum absolute atomic E-state index is 12.0. The molecule has 1 heterocycles. The number of carbonyl (C=O) groups excluding carboxylic acids is 2. The van der Waals surface area contributed by atoms with Gasteiger partial charge in [-0.05, 0) is 37.6 Å². The van der Waals surface area contributed by atoms with Crippen LogP contribution in [0.25, 0.3) is 0 Å². The second-order valence-corrected chi connectivity index (χ2v) is 4.69. The fourth-order valence-corrected chi connectivity index (χ4v) is 1.88. The Morgan fingerprint density at radius 2 is 1.90 bits per heavy atom. The molecule has 21 heavy (non-hydrogen) atoms. The van der Waals surface area contributed by atoms with E-state index in [-0.39, 0.29) is 11.9 Å². The predicted molar refractivity (Wildman–Crippen MR) is 74.9 cm³/mol. The number of rotatable bonds is 4. The predicted octanol–water partition coefficient (Wildman–Crippen LogP) is 1.33. The van der Waals surface area contributed by atoms with Gasteiger partial charge in [-0.1, -0.05) is 12.1 Å². The van der Waals surface area contributed by atoms with Gasteiger partial charge in [-0.15, -0.1) is 0 Å². The number of hydrogen-bond acceptors (Lipinski definition) is 4. The van der Waals surface area contributed by atoms with E-state index in [0.29, 0.717) is 11.3 Å².